The van der Waals surface area contributed by atoms with Crippen LogP contribution in [0.1, 0.15) is 91.9 Å². The molecule has 0 aromatic rings. The Hall–Kier alpha value is -0.680. The molecule has 3 fully saturated rings. The zero-order chi connectivity index (χ0) is 22.8. The number of allylic oxidation sites excluding steroid dienone is 3. The van der Waals surface area contributed by atoms with Gasteiger partial charge in [0.1, 0.15) is 0 Å². The highest BCUT2D eigenvalue weighted by atomic mass is 16.3. The van der Waals surface area contributed by atoms with Gasteiger partial charge >= 0.3 is 0 Å². The smallest absolute Gasteiger partial charge is 0.0652 e. The fourth-order valence-electron chi connectivity index (χ4n) is 7.06. The molecule has 4 nitrogen and oxygen atoms in total. The Morgan fingerprint density at radius 1 is 1.13 bits per heavy atom. The third-order valence-electron chi connectivity index (χ3n) is 8.85. The molecule has 3 aliphatic carbocycles. The number of hydrogen-bond acceptors (Lipinski definition) is 4. The van der Waals surface area contributed by atoms with Gasteiger partial charge in [0.25, 0.3) is 0 Å². The van der Waals surface area contributed by atoms with Crippen LogP contribution in [0.15, 0.2) is 23.3 Å². The summed E-state index contributed by atoms with van der Waals surface area (Å²) in [5, 5.41) is 39.9. The fraction of sp³-hybridized carbons (Fsp3) is 0.852. The quantitative estimate of drug-likeness (QED) is 0.466. The SMILES string of the molecule is C[C@H](CCCC(C)(C)O)C1CCC2/C(=C/C=C3C[C@@H](O)C(CO)[C@H](O)C3)CCC[C@@]21C. The minimum atomic E-state index is -0.657. The second-order valence-corrected chi connectivity index (χ2v) is 11.7. The van der Waals surface area contributed by atoms with Gasteiger partial charge in [-0.25, -0.2) is 0 Å². The maximum absolute atomic E-state index is 10.3. The first-order chi connectivity index (χ1) is 14.5. The van der Waals surface area contributed by atoms with E-state index in [2.05, 4.69) is 26.0 Å². The second kappa shape index (κ2) is 10.1. The summed E-state index contributed by atoms with van der Waals surface area (Å²) in [4.78, 5) is 0. The van der Waals surface area contributed by atoms with Crippen LogP contribution in [0, 0.1) is 29.1 Å². The van der Waals surface area contributed by atoms with Crippen LogP contribution in [0.5, 0.6) is 0 Å². The summed E-state index contributed by atoms with van der Waals surface area (Å²) in [5.41, 5.74) is 2.46. The van der Waals surface area contributed by atoms with Crippen molar-refractivity contribution in [3.8, 4) is 0 Å². The molecule has 0 radical (unpaired) electrons. The maximum atomic E-state index is 10.3. The first-order valence-corrected chi connectivity index (χ1v) is 12.6. The zero-order valence-corrected chi connectivity index (χ0v) is 20.2. The molecular weight excluding hydrogens is 388 g/mol. The number of fused-ring (bicyclic) bond motifs is 1. The van der Waals surface area contributed by atoms with Gasteiger partial charge in [-0.2, -0.15) is 0 Å². The summed E-state index contributed by atoms with van der Waals surface area (Å²) < 4.78 is 0. The molecule has 0 heterocycles. The molecule has 3 rings (SSSR count). The first kappa shape index (κ1) is 25.0. The van der Waals surface area contributed by atoms with E-state index in [1.54, 1.807) is 5.57 Å². The maximum Gasteiger partial charge on any atom is 0.0652 e. The summed E-state index contributed by atoms with van der Waals surface area (Å²) in [7, 11) is 0. The lowest BCUT2D eigenvalue weighted by molar-refractivity contribution is -0.0312. The van der Waals surface area contributed by atoms with Gasteiger partial charge in [0.05, 0.1) is 24.4 Å². The molecule has 0 aliphatic heterocycles. The predicted molar refractivity (Wildman–Crippen MR) is 125 cm³/mol. The summed E-state index contributed by atoms with van der Waals surface area (Å²) in [5.74, 6) is 1.66. The minimum Gasteiger partial charge on any atom is -0.396 e. The Kier molecular flexibility index (Phi) is 8.11. The van der Waals surface area contributed by atoms with Crippen molar-refractivity contribution >= 4 is 0 Å². The molecule has 6 atom stereocenters. The van der Waals surface area contributed by atoms with Crippen LogP contribution in [-0.2, 0) is 0 Å². The second-order valence-electron chi connectivity index (χ2n) is 11.7. The van der Waals surface area contributed by atoms with E-state index < -0.39 is 23.7 Å². The van der Waals surface area contributed by atoms with Crippen molar-refractivity contribution in [1.82, 2.24) is 0 Å². The lowest BCUT2D eigenvalue weighted by Gasteiger charge is -2.44. The topological polar surface area (TPSA) is 80.9 Å². The number of aliphatic hydroxyl groups excluding tert-OH is 3. The number of aliphatic hydroxyl groups is 4. The highest BCUT2D eigenvalue weighted by Crippen LogP contribution is 2.60. The van der Waals surface area contributed by atoms with E-state index in [1.807, 2.05) is 13.8 Å². The highest BCUT2D eigenvalue weighted by Gasteiger charge is 2.50. The lowest BCUT2D eigenvalue weighted by Crippen LogP contribution is -2.39. The van der Waals surface area contributed by atoms with Gasteiger partial charge in [0.15, 0.2) is 0 Å². The monoisotopic (exact) mass is 434 g/mol. The van der Waals surface area contributed by atoms with Gasteiger partial charge in [0.2, 0.25) is 0 Å². The third kappa shape index (κ3) is 5.82. The molecule has 3 saturated carbocycles. The molecule has 0 bridgehead atoms. The molecule has 178 valence electrons. The molecule has 0 aromatic heterocycles. The first-order valence-electron chi connectivity index (χ1n) is 12.6. The van der Waals surface area contributed by atoms with Crippen LogP contribution in [0.25, 0.3) is 0 Å². The lowest BCUT2D eigenvalue weighted by atomic mass is 9.60. The van der Waals surface area contributed by atoms with Crippen LogP contribution < -0.4 is 0 Å². The van der Waals surface area contributed by atoms with Crippen molar-refractivity contribution in [3.05, 3.63) is 23.3 Å². The van der Waals surface area contributed by atoms with Crippen molar-refractivity contribution in [1.29, 1.82) is 0 Å². The van der Waals surface area contributed by atoms with Crippen LogP contribution in [0.3, 0.4) is 0 Å². The predicted octanol–water partition coefficient (Wildman–Crippen LogP) is 4.76. The summed E-state index contributed by atoms with van der Waals surface area (Å²) in [6, 6.07) is 0. The molecule has 0 amide bonds. The normalized spacial score (nSPS) is 38.9. The van der Waals surface area contributed by atoms with Gasteiger partial charge < -0.3 is 20.4 Å². The van der Waals surface area contributed by atoms with Gasteiger partial charge in [-0.3, -0.25) is 0 Å². The van der Waals surface area contributed by atoms with Crippen molar-refractivity contribution in [3.63, 3.8) is 0 Å². The summed E-state index contributed by atoms with van der Waals surface area (Å²) in [6.45, 7) is 8.59. The molecule has 0 aromatic carbocycles. The largest absolute Gasteiger partial charge is 0.396 e. The average Bonchev–Trinajstić information content (AvgIpc) is 3.02. The molecule has 2 unspecified atom stereocenters. The fourth-order valence-corrected chi connectivity index (χ4v) is 7.06. The van der Waals surface area contributed by atoms with Crippen molar-refractivity contribution < 1.29 is 20.4 Å². The zero-order valence-electron chi connectivity index (χ0n) is 20.2. The van der Waals surface area contributed by atoms with Crippen molar-refractivity contribution in [2.45, 2.75) is 110 Å². The molecular formula is C27H46O4. The van der Waals surface area contributed by atoms with Crippen molar-refractivity contribution in [2.24, 2.45) is 29.1 Å². The van der Waals surface area contributed by atoms with Crippen LogP contribution in [-0.4, -0.2) is 44.8 Å². The molecule has 31 heavy (non-hydrogen) atoms. The van der Waals surface area contributed by atoms with E-state index in [0.717, 1.165) is 30.8 Å². The average molecular weight is 435 g/mol. The number of hydrogen-bond donors (Lipinski definition) is 4. The number of rotatable bonds is 7. The van der Waals surface area contributed by atoms with E-state index in [9.17, 15) is 20.4 Å². The summed E-state index contributed by atoms with van der Waals surface area (Å²) >= 11 is 0. The standard InChI is InChI=1S/C27H46O4/c1-18(7-5-13-26(2,3)31)22-11-12-23-20(8-6-14-27(22,23)4)10-9-19-15-24(29)21(17-28)25(30)16-19/h9-10,18,21-25,28-31H,5-8,11-17H2,1-4H3/b19-9?,20-10+/t18-,21?,22?,23?,24-,25-,27-/m1/s1. The summed E-state index contributed by atoms with van der Waals surface area (Å²) in [6.07, 6.45) is 13.7. The van der Waals surface area contributed by atoms with Crippen LogP contribution in [0.2, 0.25) is 0 Å². The Labute approximate surface area is 189 Å². The molecule has 0 spiro atoms. The Balaban J connectivity index is 1.66. The molecule has 4 heteroatoms. The van der Waals surface area contributed by atoms with Gasteiger partial charge in [-0.05, 0) is 88.4 Å². The van der Waals surface area contributed by atoms with Crippen LogP contribution >= 0.6 is 0 Å². The highest BCUT2D eigenvalue weighted by molar-refractivity contribution is 5.26. The van der Waals surface area contributed by atoms with Crippen LogP contribution in [0.4, 0.5) is 0 Å². The van der Waals surface area contributed by atoms with E-state index in [-0.39, 0.29) is 6.61 Å². The molecule has 3 aliphatic rings. The molecule has 4 N–H and O–H groups in total. The van der Waals surface area contributed by atoms with Crippen molar-refractivity contribution in [2.75, 3.05) is 6.61 Å². The Bertz CT molecular complexity index is 647. The van der Waals surface area contributed by atoms with E-state index in [4.69, 9.17) is 0 Å². The third-order valence-corrected chi connectivity index (χ3v) is 8.85. The van der Waals surface area contributed by atoms with E-state index in [1.165, 1.54) is 32.1 Å². The van der Waals surface area contributed by atoms with E-state index >= 15 is 0 Å². The Morgan fingerprint density at radius 2 is 1.81 bits per heavy atom. The van der Waals surface area contributed by atoms with E-state index in [0.29, 0.717) is 30.1 Å². The Morgan fingerprint density at radius 3 is 2.42 bits per heavy atom. The van der Waals surface area contributed by atoms with Gasteiger partial charge in [0, 0.05) is 5.92 Å². The minimum absolute atomic E-state index is 0.160. The van der Waals surface area contributed by atoms with Gasteiger partial charge in [-0.1, -0.05) is 50.0 Å². The van der Waals surface area contributed by atoms with Gasteiger partial charge in [-0.15, -0.1) is 0 Å². The molecule has 0 saturated heterocycles.